The summed E-state index contributed by atoms with van der Waals surface area (Å²) in [7, 11) is 0. The zero-order valence-electron chi connectivity index (χ0n) is 13.3. The lowest BCUT2D eigenvalue weighted by molar-refractivity contribution is -0.142. The number of aliphatic carboxylic acids is 1. The molecule has 1 aliphatic heterocycles. The first-order chi connectivity index (χ1) is 11.5. The van der Waals surface area contributed by atoms with E-state index in [1.54, 1.807) is 11.0 Å². The van der Waals surface area contributed by atoms with Crippen LogP contribution in [0.4, 0.5) is 0 Å². The predicted octanol–water partition coefficient (Wildman–Crippen LogP) is 3.58. The molecule has 1 aliphatic carbocycles. The van der Waals surface area contributed by atoms with E-state index in [4.69, 9.17) is 16.0 Å². The van der Waals surface area contributed by atoms with E-state index < -0.39 is 11.9 Å². The van der Waals surface area contributed by atoms with Crippen LogP contribution in [-0.2, 0) is 4.79 Å². The summed E-state index contributed by atoms with van der Waals surface area (Å²) in [5.41, 5.74) is 1.26. The molecule has 0 bridgehead atoms. The molecule has 126 valence electrons. The van der Waals surface area contributed by atoms with Gasteiger partial charge in [0.05, 0.1) is 10.9 Å². The van der Waals surface area contributed by atoms with Crippen LogP contribution in [0.3, 0.4) is 0 Å². The number of carbonyl (C=O) groups is 2. The monoisotopic (exact) mass is 347 g/mol. The van der Waals surface area contributed by atoms with Crippen LogP contribution in [0, 0.1) is 24.7 Å². The summed E-state index contributed by atoms with van der Waals surface area (Å²) < 4.78 is 5.74. The number of carboxylic acids is 1. The number of furan rings is 1. The van der Waals surface area contributed by atoms with Crippen LogP contribution in [0.2, 0.25) is 5.02 Å². The average molecular weight is 348 g/mol. The Balaban J connectivity index is 1.66. The first kappa shape index (κ1) is 15.5. The SMILES string of the molecule is Cc1c(C(=O)N2C[C@H](C(=O)O)[C@@H](C3CC3)C2)oc2c(Cl)cccc12. The second-order valence-corrected chi connectivity index (χ2v) is 7.24. The molecule has 2 aromatic rings. The molecule has 1 aromatic heterocycles. The predicted molar refractivity (Wildman–Crippen MR) is 89.2 cm³/mol. The smallest absolute Gasteiger partial charge is 0.308 e. The molecule has 2 fully saturated rings. The Morgan fingerprint density at radius 1 is 1.29 bits per heavy atom. The normalized spacial score (nSPS) is 23.8. The van der Waals surface area contributed by atoms with Crippen molar-refractivity contribution in [1.29, 1.82) is 0 Å². The number of hydrogen-bond acceptors (Lipinski definition) is 3. The molecule has 1 saturated carbocycles. The van der Waals surface area contributed by atoms with Crippen molar-refractivity contribution in [2.24, 2.45) is 17.8 Å². The van der Waals surface area contributed by atoms with Crippen LogP contribution in [0.1, 0.15) is 29.0 Å². The minimum atomic E-state index is -0.813. The highest BCUT2D eigenvalue weighted by atomic mass is 35.5. The molecule has 0 unspecified atom stereocenters. The lowest BCUT2D eigenvalue weighted by Gasteiger charge is -2.15. The summed E-state index contributed by atoms with van der Waals surface area (Å²) in [5.74, 6) is -0.774. The van der Waals surface area contributed by atoms with Crippen molar-refractivity contribution in [3.05, 3.63) is 34.5 Å². The molecule has 1 N–H and O–H groups in total. The number of fused-ring (bicyclic) bond motifs is 1. The quantitative estimate of drug-likeness (QED) is 0.921. The van der Waals surface area contributed by atoms with Crippen molar-refractivity contribution < 1.29 is 19.1 Å². The second kappa shape index (κ2) is 5.52. The van der Waals surface area contributed by atoms with Crippen molar-refractivity contribution >= 4 is 34.4 Å². The van der Waals surface area contributed by atoms with Gasteiger partial charge in [0.15, 0.2) is 11.3 Å². The molecule has 1 aromatic carbocycles. The zero-order chi connectivity index (χ0) is 17.0. The minimum Gasteiger partial charge on any atom is -0.481 e. The van der Waals surface area contributed by atoms with Crippen LogP contribution < -0.4 is 0 Å². The Labute approximate surface area is 144 Å². The van der Waals surface area contributed by atoms with Crippen LogP contribution in [0.15, 0.2) is 22.6 Å². The third-order valence-corrected chi connectivity index (χ3v) is 5.60. The molecule has 0 radical (unpaired) electrons. The number of para-hydroxylation sites is 1. The van der Waals surface area contributed by atoms with E-state index in [2.05, 4.69) is 0 Å². The Morgan fingerprint density at radius 2 is 2.04 bits per heavy atom. The number of hydrogen-bond donors (Lipinski definition) is 1. The van der Waals surface area contributed by atoms with Gasteiger partial charge in [-0.25, -0.2) is 0 Å². The van der Waals surface area contributed by atoms with Crippen molar-refractivity contribution in [1.82, 2.24) is 4.90 Å². The highest BCUT2D eigenvalue weighted by molar-refractivity contribution is 6.35. The van der Waals surface area contributed by atoms with Gasteiger partial charge in [0.1, 0.15) is 0 Å². The molecule has 1 saturated heterocycles. The first-order valence-corrected chi connectivity index (χ1v) is 8.55. The van der Waals surface area contributed by atoms with Gasteiger partial charge < -0.3 is 14.4 Å². The molecule has 0 spiro atoms. The molecular formula is C18H18ClNO4. The van der Waals surface area contributed by atoms with Crippen LogP contribution in [-0.4, -0.2) is 35.0 Å². The highest BCUT2D eigenvalue weighted by Gasteiger charge is 2.47. The number of rotatable bonds is 3. The maximum atomic E-state index is 12.9. The third-order valence-electron chi connectivity index (χ3n) is 5.31. The van der Waals surface area contributed by atoms with Crippen molar-refractivity contribution in [3.8, 4) is 0 Å². The second-order valence-electron chi connectivity index (χ2n) is 6.83. The van der Waals surface area contributed by atoms with E-state index in [-0.39, 0.29) is 24.1 Å². The van der Waals surface area contributed by atoms with Gasteiger partial charge in [0, 0.05) is 24.0 Å². The summed E-state index contributed by atoms with van der Waals surface area (Å²) >= 11 is 6.15. The van der Waals surface area contributed by atoms with E-state index in [1.165, 1.54) is 0 Å². The van der Waals surface area contributed by atoms with E-state index in [0.29, 0.717) is 23.1 Å². The molecule has 4 rings (SSSR count). The fourth-order valence-electron chi connectivity index (χ4n) is 3.81. The highest BCUT2D eigenvalue weighted by Crippen LogP contribution is 2.44. The molecule has 5 nitrogen and oxygen atoms in total. The topological polar surface area (TPSA) is 70.8 Å². The molecular weight excluding hydrogens is 330 g/mol. The number of aryl methyl sites for hydroxylation is 1. The fourth-order valence-corrected chi connectivity index (χ4v) is 4.03. The molecule has 6 heteroatoms. The van der Waals surface area contributed by atoms with E-state index >= 15 is 0 Å². The Kier molecular flexibility index (Phi) is 3.57. The molecule has 1 amide bonds. The number of halogens is 1. The minimum absolute atomic E-state index is 0.0553. The van der Waals surface area contributed by atoms with Gasteiger partial charge >= 0.3 is 5.97 Å². The number of likely N-dealkylation sites (tertiary alicyclic amines) is 1. The van der Waals surface area contributed by atoms with Gasteiger partial charge in [0.25, 0.3) is 5.91 Å². The maximum Gasteiger partial charge on any atom is 0.308 e. The molecule has 2 heterocycles. The van der Waals surface area contributed by atoms with E-state index in [1.807, 2.05) is 19.1 Å². The fraction of sp³-hybridized carbons (Fsp3) is 0.444. The number of amides is 1. The number of benzene rings is 1. The average Bonchev–Trinajstić information content (AvgIpc) is 3.20. The van der Waals surface area contributed by atoms with Crippen molar-refractivity contribution in [2.75, 3.05) is 13.1 Å². The number of carboxylic acid groups (broad SMARTS) is 1. The van der Waals surface area contributed by atoms with Gasteiger partial charge in [-0.05, 0) is 37.7 Å². The maximum absolute atomic E-state index is 12.9. The lowest BCUT2D eigenvalue weighted by atomic mass is 9.92. The van der Waals surface area contributed by atoms with Gasteiger partial charge in [-0.15, -0.1) is 0 Å². The van der Waals surface area contributed by atoms with Crippen molar-refractivity contribution in [3.63, 3.8) is 0 Å². The first-order valence-electron chi connectivity index (χ1n) is 8.17. The van der Waals surface area contributed by atoms with Crippen molar-refractivity contribution in [2.45, 2.75) is 19.8 Å². The summed E-state index contributed by atoms with van der Waals surface area (Å²) in [5, 5.41) is 10.7. The van der Waals surface area contributed by atoms with Crippen LogP contribution in [0.25, 0.3) is 11.0 Å². The van der Waals surface area contributed by atoms with Gasteiger partial charge in [-0.3, -0.25) is 9.59 Å². The van der Waals surface area contributed by atoms with E-state index in [0.717, 1.165) is 23.8 Å². The van der Waals surface area contributed by atoms with Gasteiger partial charge in [-0.1, -0.05) is 23.7 Å². The lowest BCUT2D eigenvalue weighted by Crippen LogP contribution is -2.30. The summed E-state index contributed by atoms with van der Waals surface area (Å²) in [4.78, 5) is 26.0. The summed E-state index contributed by atoms with van der Waals surface area (Å²) in [6.45, 7) is 2.57. The van der Waals surface area contributed by atoms with E-state index in [9.17, 15) is 14.7 Å². The Bertz CT molecular complexity index is 839. The van der Waals surface area contributed by atoms with Gasteiger partial charge in [0.2, 0.25) is 0 Å². The number of nitrogens with zero attached hydrogens (tertiary/aromatic N) is 1. The molecule has 2 atom stereocenters. The Morgan fingerprint density at radius 3 is 2.67 bits per heavy atom. The van der Waals surface area contributed by atoms with Crippen LogP contribution >= 0.6 is 11.6 Å². The largest absolute Gasteiger partial charge is 0.481 e. The standard InChI is InChI=1S/C18H18ClNO4/c1-9-11-3-2-4-14(19)16(11)24-15(9)17(21)20-7-12(10-5-6-10)13(8-20)18(22)23/h2-4,10,12-13H,5-8H2,1H3,(H,22,23)/t12-,13+/m1/s1. The summed E-state index contributed by atoms with van der Waals surface area (Å²) in [6, 6.07) is 5.41. The molecule has 24 heavy (non-hydrogen) atoms. The van der Waals surface area contributed by atoms with Gasteiger partial charge in [-0.2, -0.15) is 0 Å². The zero-order valence-corrected chi connectivity index (χ0v) is 14.0. The molecule has 2 aliphatic rings. The Hall–Kier alpha value is -2.01. The third kappa shape index (κ3) is 2.38. The number of carbonyl (C=O) groups excluding carboxylic acids is 1. The summed E-state index contributed by atoms with van der Waals surface area (Å²) in [6.07, 6.45) is 2.13. The van der Waals surface area contributed by atoms with Crippen LogP contribution in [0.5, 0.6) is 0 Å².